The number of aromatic nitrogens is 1. The Morgan fingerprint density at radius 1 is 1.22 bits per heavy atom. The fourth-order valence-electron chi connectivity index (χ4n) is 1.92. The number of hydrogen-bond donors (Lipinski definition) is 1. The molecule has 3 heteroatoms. The number of nitrogens with zero attached hydrogens (tertiary/aromatic N) is 1. The minimum atomic E-state index is 0.116. The molecule has 1 heterocycles. The molecule has 94 valence electrons. The molecule has 0 aliphatic rings. The summed E-state index contributed by atoms with van der Waals surface area (Å²) in [5.41, 5.74) is 9.63. The highest BCUT2D eigenvalue weighted by atomic mass is 16.5. The van der Waals surface area contributed by atoms with Crippen molar-refractivity contribution in [2.45, 2.75) is 20.0 Å². The maximum atomic E-state index is 5.91. The molecule has 3 nitrogen and oxygen atoms in total. The predicted molar refractivity (Wildman–Crippen MR) is 74.1 cm³/mol. The number of benzene rings is 1. The number of pyridine rings is 1. The molecule has 0 aliphatic carbocycles. The quantitative estimate of drug-likeness (QED) is 0.893. The molecule has 1 aromatic carbocycles. The highest BCUT2D eigenvalue weighted by Crippen LogP contribution is 2.25. The molecule has 0 fully saturated rings. The Hall–Kier alpha value is -1.87. The zero-order valence-corrected chi connectivity index (χ0v) is 10.8. The first-order valence-corrected chi connectivity index (χ1v) is 6.14. The van der Waals surface area contributed by atoms with Crippen LogP contribution in [0.3, 0.4) is 0 Å². The molecule has 0 amide bonds. The van der Waals surface area contributed by atoms with Gasteiger partial charge in [0.1, 0.15) is 0 Å². The second-order valence-electron chi connectivity index (χ2n) is 4.16. The maximum Gasteiger partial charge on any atom is 0.0931 e. The molecular weight excluding hydrogens is 224 g/mol. The third-order valence-electron chi connectivity index (χ3n) is 2.91. The Kier molecular flexibility index (Phi) is 3.95. The van der Waals surface area contributed by atoms with Crippen molar-refractivity contribution in [2.24, 2.45) is 0 Å². The van der Waals surface area contributed by atoms with Crippen molar-refractivity contribution in [1.29, 1.82) is 0 Å². The lowest BCUT2D eigenvalue weighted by atomic mass is 10.0. The smallest absolute Gasteiger partial charge is 0.0931 e. The van der Waals surface area contributed by atoms with Gasteiger partial charge in [0.15, 0.2) is 0 Å². The molecule has 0 aliphatic heterocycles. The van der Waals surface area contributed by atoms with Crippen LogP contribution in [0.2, 0.25) is 0 Å². The lowest BCUT2D eigenvalue weighted by Crippen LogP contribution is -1.99. The van der Waals surface area contributed by atoms with Gasteiger partial charge in [0.05, 0.1) is 17.5 Å². The van der Waals surface area contributed by atoms with Crippen molar-refractivity contribution < 1.29 is 4.74 Å². The first-order valence-electron chi connectivity index (χ1n) is 6.14. The predicted octanol–water partition coefficient (Wildman–Crippen LogP) is 3.43. The maximum absolute atomic E-state index is 5.91. The molecule has 2 rings (SSSR count). The molecule has 0 radical (unpaired) electrons. The highest BCUT2D eigenvalue weighted by Gasteiger charge is 2.07. The molecule has 0 saturated heterocycles. The topological polar surface area (TPSA) is 48.1 Å². The average Bonchev–Trinajstić information content (AvgIpc) is 2.40. The minimum absolute atomic E-state index is 0.116. The van der Waals surface area contributed by atoms with Crippen molar-refractivity contribution in [3.05, 3.63) is 48.2 Å². The van der Waals surface area contributed by atoms with Gasteiger partial charge >= 0.3 is 0 Å². The van der Waals surface area contributed by atoms with Gasteiger partial charge in [-0.1, -0.05) is 24.3 Å². The molecular formula is C15H18N2O. The molecule has 1 aromatic heterocycles. The van der Waals surface area contributed by atoms with Crippen molar-refractivity contribution in [3.8, 4) is 11.3 Å². The van der Waals surface area contributed by atoms with Crippen molar-refractivity contribution >= 4 is 5.69 Å². The Labute approximate surface area is 108 Å². The van der Waals surface area contributed by atoms with E-state index in [2.05, 4.69) is 17.1 Å². The van der Waals surface area contributed by atoms with E-state index >= 15 is 0 Å². The number of nitrogens with two attached hydrogens (primary N) is 1. The average molecular weight is 242 g/mol. The standard InChI is InChI=1S/C15H18N2O/c1-3-18-11(2)12-6-8-13(9-7-12)15-14(16)5-4-10-17-15/h4-11H,3,16H2,1-2H3/t11-/m1/s1. The molecule has 0 bridgehead atoms. The van der Waals surface area contributed by atoms with Gasteiger partial charge in [-0.3, -0.25) is 4.98 Å². The van der Waals surface area contributed by atoms with E-state index in [-0.39, 0.29) is 6.10 Å². The van der Waals surface area contributed by atoms with E-state index in [0.29, 0.717) is 5.69 Å². The van der Waals surface area contributed by atoms with E-state index in [1.54, 1.807) is 6.20 Å². The molecule has 0 saturated carbocycles. The van der Waals surface area contributed by atoms with Crippen LogP contribution in [0.4, 0.5) is 5.69 Å². The second kappa shape index (κ2) is 5.65. The summed E-state index contributed by atoms with van der Waals surface area (Å²) in [5, 5.41) is 0. The Morgan fingerprint density at radius 2 is 1.94 bits per heavy atom. The summed E-state index contributed by atoms with van der Waals surface area (Å²) in [6, 6.07) is 11.9. The number of ether oxygens (including phenoxy) is 1. The molecule has 0 spiro atoms. The summed E-state index contributed by atoms with van der Waals surface area (Å²) in [6.07, 6.45) is 1.87. The van der Waals surface area contributed by atoms with E-state index in [4.69, 9.17) is 10.5 Å². The van der Waals surface area contributed by atoms with E-state index in [1.165, 1.54) is 0 Å². The third-order valence-corrected chi connectivity index (χ3v) is 2.91. The first-order chi connectivity index (χ1) is 8.72. The summed E-state index contributed by atoms with van der Waals surface area (Å²) >= 11 is 0. The van der Waals surface area contributed by atoms with Gasteiger partial charge in [0, 0.05) is 18.4 Å². The zero-order valence-electron chi connectivity index (χ0n) is 10.8. The highest BCUT2D eigenvalue weighted by molar-refractivity contribution is 5.72. The number of hydrogen-bond acceptors (Lipinski definition) is 3. The van der Waals surface area contributed by atoms with Crippen LogP contribution in [0, 0.1) is 0 Å². The van der Waals surface area contributed by atoms with Crippen LogP contribution in [0.15, 0.2) is 42.6 Å². The van der Waals surface area contributed by atoms with Crippen molar-refractivity contribution in [1.82, 2.24) is 4.98 Å². The summed E-state index contributed by atoms with van der Waals surface area (Å²) < 4.78 is 5.56. The lowest BCUT2D eigenvalue weighted by Gasteiger charge is -2.12. The zero-order chi connectivity index (χ0) is 13.0. The van der Waals surface area contributed by atoms with Crippen LogP contribution < -0.4 is 5.73 Å². The number of rotatable bonds is 4. The summed E-state index contributed by atoms with van der Waals surface area (Å²) in [5.74, 6) is 0. The molecule has 2 N–H and O–H groups in total. The Balaban J connectivity index is 2.25. The van der Waals surface area contributed by atoms with Gasteiger partial charge in [0.25, 0.3) is 0 Å². The van der Waals surface area contributed by atoms with Crippen LogP contribution in [0.5, 0.6) is 0 Å². The van der Waals surface area contributed by atoms with Gasteiger partial charge in [-0.15, -0.1) is 0 Å². The van der Waals surface area contributed by atoms with E-state index in [1.807, 2.05) is 38.1 Å². The van der Waals surface area contributed by atoms with Crippen LogP contribution in [-0.2, 0) is 4.74 Å². The fraction of sp³-hybridized carbons (Fsp3) is 0.267. The molecule has 2 aromatic rings. The molecule has 18 heavy (non-hydrogen) atoms. The normalized spacial score (nSPS) is 12.3. The van der Waals surface area contributed by atoms with Crippen LogP contribution >= 0.6 is 0 Å². The van der Waals surface area contributed by atoms with E-state index < -0.39 is 0 Å². The van der Waals surface area contributed by atoms with Gasteiger partial charge in [-0.2, -0.15) is 0 Å². The van der Waals surface area contributed by atoms with Crippen LogP contribution in [0.25, 0.3) is 11.3 Å². The van der Waals surface area contributed by atoms with E-state index in [0.717, 1.165) is 23.4 Å². The van der Waals surface area contributed by atoms with Crippen LogP contribution in [-0.4, -0.2) is 11.6 Å². The molecule has 0 unspecified atom stereocenters. The first kappa shape index (κ1) is 12.6. The Bertz CT molecular complexity index is 508. The van der Waals surface area contributed by atoms with Gasteiger partial charge in [-0.05, 0) is 31.5 Å². The summed E-state index contributed by atoms with van der Waals surface area (Å²) in [7, 11) is 0. The van der Waals surface area contributed by atoms with E-state index in [9.17, 15) is 0 Å². The minimum Gasteiger partial charge on any atom is -0.397 e. The summed E-state index contributed by atoms with van der Waals surface area (Å²) in [4.78, 5) is 4.30. The largest absolute Gasteiger partial charge is 0.397 e. The SMILES string of the molecule is CCO[C@H](C)c1ccc(-c2ncccc2N)cc1. The second-order valence-corrected chi connectivity index (χ2v) is 4.16. The fourth-order valence-corrected chi connectivity index (χ4v) is 1.92. The summed E-state index contributed by atoms with van der Waals surface area (Å²) in [6.45, 7) is 4.77. The Morgan fingerprint density at radius 3 is 2.56 bits per heavy atom. The van der Waals surface area contributed by atoms with Gasteiger partial charge < -0.3 is 10.5 Å². The lowest BCUT2D eigenvalue weighted by molar-refractivity contribution is 0.0764. The van der Waals surface area contributed by atoms with Crippen molar-refractivity contribution in [3.63, 3.8) is 0 Å². The number of nitrogen functional groups attached to an aromatic ring is 1. The van der Waals surface area contributed by atoms with Crippen LogP contribution in [0.1, 0.15) is 25.5 Å². The third kappa shape index (κ3) is 2.68. The van der Waals surface area contributed by atoms with Gasteiger partial charge in [0.2, 0.25) is 0 Å². The molecule has 1 atom stereocenters. The van der Waals surface area contributed by atoms with Crippen molar-refractivity contribution in [2.75, 3.05) is 12.3 Å². The van der Waals surface area contributed by atoms with Gasteiger partial charge in [-0.25, -0.2) is 0 Å². The monoisotopic (exact) mass is 242 g/mol. The number of anilines is 1.